The number of epoxide rings is 1. The number of nitrogens with zero attached hydrogens (tertiary/aromatic N) is 1. The molecule has 1 aliphatic carbocycles. The number of rotatable bonds is 3. The zero-order valence-electron chi connectivity index (χ0n) is 15.3. The summed E-state index contributed by atoms with van der Waals surface area (Å²) in [4.78, 5) is 28.1. The molecule has 4 rings (SSSR count). The molecule has 3 heterocycles. The predicted molar refractivity (Wildman–Crippen MR) is 96.9 cm³/mol. The molecular weight excluding hydrogens is 346 g/mol. The van der Waals surface area contributed by atoms with Gasteiger partial charge in [0, 0.05) is 23.9 Å². The molecule has 2 fully saturated rings. The van der Waals surface area contributed by atoms with E-state index in [0.29, 0.717) is 11.1 Å². The summed E-state index contributed by atoms with van der Waals surface area (Å²) in [5, 5.41) is 0. The molecule has 0 saturated carbocycles. The topological polar surface area (TPSA) is 78.0 Å². The van der Waals surface area contributed by atoms with Gasteiger partial charge in [-0.15, -0.1) is 0 Å². The summed E-state index contributed by atoms with van der Waals surface area (Å²) < 4.78 is 16.9. The molecule has 0 amide bonds. The number of pyridine rings is 1. The van der Waals surface area contributed by atoms with Gasteiger partial charge >= 0.3 is 11.9 Å². The average Bonchev–Trinajstić information content (AvgIpc) is 3.26. The molecule has 0 bridgehead atoms. The van der Waals surface area contributed by atoms with E-state index >= 15 is 0 Å². The highest BCUT2D eigenvalue weighted by molar-refractivity contribution is 5.91. The van der Waals surface area contributed by atoms with Crippen LogP contribution in [-0.4, -0.2) is 41.3 Å². The Hall–Kier alpha value is -2.47. The second kappa shape index (κ2) is 6.93. The second-order valence-corrected chi connectivity index (χ2v) is 7.60. The van der Waals surface area contributed by atoms with E-state index in [1.165, 1.54) is 0 Å². The van der Waals surface area contributed by atoms with E-state index in [1.54, 1.807) is 24.5 Å². The first kappa shape index (κ1) is 17.9. The van der Waals surface area contributed by atoms with Crippen molar-refractivity contribution < 1.29 is 23.8 Å². The summed E-state index contributed by atoms with van der Waals surface area (Å²) in [6, 6.07) is 3.26. The molecule has 142 valence electrons. The normalized spacial score (nSPS) is 34.6. The van der Waals surface area contributed by atoms with Crippen molar-refractivity contribution in [1.29, 1.82) is 0 Å². The highest BCUT2D eigenvalue weighted by atomic mass is 16.6. The Morgan fingerprint density at radius 2 is 2.19 bits per heavy atom. The van der Waals surface area contributed by atoms with E-state index in [1.807, 2.05) is 0 Å². The van der Waals surface area contributed by atoms with Crippen LogP contribution in [-0.2, 0) is 19.0 Å². The lowest BCUT2D eigenvalue weighted by atomic mass is 9.84. The highest BCUT2D eigenvalue weighted by Crippen LogP contribution is 2.49. The van der Waals surface area contributed by atoms with Crippen molar-refractivity contribution in [3.05, 3.63) is 53.9 Å². The number of hydrogen-bond donors (Lipinski definition) is 0. The fraction of sp³-hybridized carbons (Fsp3) is 0.476. The summed E-state index contributed by atoms with van der Waals surface area (Å²) in [6.45, 7) is 6.21. The minimum atomic E-state index is -0.366. The van der Waals surface area contributed by atoms with Crippen molar-refractivity contribution in [3.63, 3.8) is 0 Å². The summed E-state index contributed by atoms with van der Waals surface area (Å²) in [7, 11) is 0. The predicted octanol–water partition coefficient (Wildman–Crippen LogP) is 2.99. The van der Waals surface area contributed by atoms with Crippen molar-refractivity contribution in [2.24, 2.45) is 5.92 Å². The van der Waals surface area contributed by atoms with E-state index in [4.69, 9.17) is 14.2 Å². The summed E-state index contributed by atoms with van der Waals surface area (Å²) in [5.74, 6) is -0.743. The van der Waals surface area contributed by atoms with Crippen molar-refractivity contribution in [1.82, 2.24) is 4.98 Å². The van der Waals surface area contributed by atoms with Gasteiger partial charge in [-0.25, -0.2) is 9.59 Å². The molecule has 0 aromatic carbocycles. The highest BCUT2D eigenvalue weighted by Gasteiger charge is 2.61. The van der Waals surface area contributed by atoms with Crippen LogP contribution < -0.4 is 0 Å². The lowest BCUT2D eigenvalue weighted by Gasteiger charge is -2.20. The van der Waals surface area contributed by atoms with Gasteiger partial charge in [0.05, 0.1) is 11.2 Å². The van der Waals surface area contributed by atoms with Gasteiger partial charge in [0.15, 0.2) is 0 Å². The van der Waals surface area contributed by atoms with Crippen molar-refractivity contribution >= 4 is 11.9 Å². The molecule has 27 heavy (non-hydrogen) atoms. The minimum Gasteiger partial charge on any atom is -0.458 e. The van der Waals surface area contributed by atoms with Gasteiger partial charge in [-0.05, 0) is 50.3 Å². The molecule has 6 nitrogen and oxygen atoms in total. The van der Waals surface area contributed by atoms with Crippen LogP contribution in [0.3, 0.4) is 0 Å². The third-order valence-electron chi connectivity index (χ3n) is 5.74. The molecule has 0 N–H and O–H groups in total. The van der Waals surface area contributed by atoms with E-state index in [2.05, 4.69) is 24.6 Å². The van der Waals surface area contributed by atoms with Gasteiger partial charge in [0.2, 0.25) is 0 Å². The Balaban J connectivity index is 1.44. The maximum absolute atomic E-state index is 12.2. The van der Waals surface area contributed by atoms with E-state index in [9.17, 15) is 9.59 Å². The molecule has 0 radical (unpaired) electrons. The van der Waals surface area contributed by atoms with Crippen LogP contribution in [0.15, 0.2) is 48.3 Å². The maximum atomic E-state index is 12.2. The summed E-state index contributed by atoms with van der Waals surface area (Å²) >= 11 is 0. The van der Waals surface area contributed by atoms with Crippen molar-refractivity contribution in [2.45, 2.75) is 50.4 Å². The Kier molecular flexibility index (Phi) is 4.60. The van der Waals surface area contributed by atoms with Crippen LogP contribution in [0.1, 0.15) is 43.0 Å². The van der Waals surface area contributed by atoms with Crippen molar-refractivity contribution in [2.75, 3.05) is 6.61 Å². The van der Waals surface area contributed by atoms with Gasteiger partial charge in [-0.2, -0.15) is 0 Å². The number of ether oxygens (including phenoxy) is 3. The number of aromatic nitrogens is 1. The third kappa shape index (κ3) is 3.54. The van der Waals surface area contributed by atoms with Gasteiger partial charge in [0.1, 0.15) is 18.8 Å². The zero-order valence-corrected chi connectivity index (χ0v) is 15.3. The van der Waals surface area contributed by atoms with Gasteiger partial charge in [-0.1, -0.05) is 12.7 Å². The lowest BCUT2D eigenvalue weighted by Crippen LogP contribution is -2.29. The second-order valence-electron chi connectivity index (χ2n) is 7.60. The van der Waals surface area contributed by atoms with E-state index in [0.717, 1.165) is 31.3 Å². The Bertz CT molecular complexity index is 802. The van der Waals surface area contributed by atoms with Gasteiger partial charge in [-0.3, -0.25) is 4.98 Å². The SMILES string of the molecule is C=C1C(=O)O[C@@H]2[C@H]3O[C@]3(C)CC/C=C(/COC(=O)c3ccncc3)CC[C@@H]12. The third-order valence-corrected chi connectivity index (χ3v) is 5.74. The number of carbonyl (C=O) groups excluding carboxylic acids is 2. The standard InChI is InChI=1S/C21H23NO5/c1-13-16-6-5-14(12-25-20(24)15-7-10-22-11-8-15)4-3-9-21(2)18(27-21)17(16)26-19(13)23/h4,7-8,10-11,16-18H,1,3,5-6,9,12H2,2H3/b14-4+/t16-,17-,18+,21+/m0/s1. The molecule has 2 saturated heterocycles. The van der Waals surface area contributed by atoms with Crippen LogP contribution in [0.5, 0.6) is 0 Å². The van der Waals surface area contributed by atoms with Gasteiger partial charge in [0.25, 0.3) is 0 Å². The van der Waals surface area contributed by atoms with E-state index < -0.39 is 0 Å². The Morgan fingerprint density at radius 1 is 1.41 bits per heavy atom. The first-order valence-electron chi connectivity index (χ1n) is 9.30. The molecule has 6 heteroatoms. The number of esters is 2. The maximum Gasteiger partial charge on any atom is 0.338 e. The molecule has 2 aliphatic heterocycles. The number of fused-ring (bicyclic) bond motifs is 3. The summed E-state index contributed by atoms with van der Waals surface area (Å²) in [6.07, 6.45) is 8.08. The van der Waals surface area contributed by atoms with Crippen molar-refractivity contribution in [3.8, 4) is 0 Å². The smallest absolute Gasteiger partial charge is 0.338 e. The fourth-order valence-electron chi connectivity index (χ4n) is 3.98. The number of carbonyl (C=O) groups is 2. The average molecular weight is 369 g/mol. The number of hydrogen-bond acceptors (Lipinski definition) is 6. The summed E-state index contributed by atoms with van der Waals surface area (Å²) in [5.41, 5.74) is 1.79. The molecular formula is C21H23NO5. The molecule has 1 aromatic rings. The molecule has 1 aromatic heterocycles. The van der Waals surface area contributed by atoms with Crippen LogP contribution in [0.25, 0.3) is 0 Å². The lowest BCUT2D eigenvalue weighted by molar-refractivity contribution is -0.140. The first-order chi connectivity index (χ1) is 13.0. The zero-order chi connectivity index (χ0) is 19.0. The van der Waals surface area contributed by atoms with Crippen LogP contribution in [0.2, 0.25) is 0 Å². The first-order valence-corrected chi connectivity index (χ1v) is 9.30. The molecule has 0 spiro atoms. The van der Waals surface area contributed by atoms with E-state index in [-0.39, 0.29) is 42.3 Å². The quantitative estimate of drug-likeness (QED) is 0.353. The largest absolute Gasteiger partial charge is 0.458 e. The fourth-order valence-corrected chi connectivity index (χ4v) is 3.98. The van der Waals surface area contributed by atoms with Crippen LogP contribution >= 0.6 is 0 Å². The van der Waals surface area contributed by atoms with Crippen LogP contribution in [0, 0.1) is 5.92 Å². The molecule has 4 atom stereocenters. The Labute approximate surface area is 158 Å². The monoisotopic (exact) mass is 369 g/mol. The number of allylic oxidation sites excluding steroid dienone is 1. The molecule has 3 aliphatic rings. The van der Waals surface area contributed by atoms with Crippen LogP contribution in [0.4, 0.5) is 0 Å². The molecule has 0 unspecified atom stereocenters. The Morgan fingerprint density at radius 3 is 2.96 bits per heavy atom. The minimum absolute atomic E-state index is 0.0508. The van der Waals surface area contributed by atoms with Gasteiger partial charge < -0.3 is 14.2 Å².